The van der Waals surface area contributed by atoms with Gasteiger partial charge in [0.1, 0.15) is 5.76 Å². The van der Waals surface area contributed by atoms with Crippen LogP contribution < -0.4 is 5.32 Å². The molecule has 0 aliphatic heterocycles. The highest BCUT2D eigenvalue weighted by atomic mass is 16.5. The van der Waals surface area contributed by atoms with Gasteiger partial charge in [0.25, 0.3) is 0 Å². The highest BCUT2D eigenvalue weighted by molar-refractivity contribution is 5.56. The van der Waals surface area contributed by atoms with Crippen molar-refractivity contribution in [2.24, 2.45) is 0 Å². The fourth-order valence-electron chi connectivity index (χ4n) is 1.32. The summed E-state index contributed by atoms with van der Waals surface area (Å²) in [6, 6.07) is 0. The standard InChI is InChI=1S/C11H18N2O/c1-5-12-7-8(2)6-11-9(3)13-14-10(11)4/h6,12H,5,7H2,1-4H3. The van der Waals surface area contributed by atoms with Crippen molar-refractivity contribution in [3.8, 4) is 0 Å². The Morgan fingerprint density at radius 1 is 1.50 bits per heavy atom. The van der Waals surface area contributed by atoms with Gasteiger partial charge in [-0.25, -0.2) is 0 Å². The van der Waals surface area contributed by atoms with E-state index < -0.39 is 0 Å². The summed E-state index contributed by atoms with van der Waals surface area (Å²) in [4.78, 5) is 0. The molecule has 0 aliphatic rings. The zero-order chi connectivity index (χ0) is 10.6. The second-order valence-corrected chi connectivity index (χ2v) is 3.51. The van der Waals surface area contributed by atoms with Crippen LogP contribution in [-0.2, 0) is 0 Å². The second-order valence-electron chi connectivity index (χ2n) is 3.51. The van der Waals surface area contributed by atoms with Gasteiger partial charge in [-0.2, -0.15) is 0 Å². The molecular formula is C11H18N2O. The van der Waals surface area contributed by atoms with Crippen LogP contribution in [0, 0.1) is 13.8 Å². The van der Waals surface area contributed by atoms with Crippen LogP contribution >= 0.6 is 0 Å². The molecular weight excluding hydrogens is 176 g/mol. The first-order valence-corrected chi connectivity index (χ1v) is 4.96. The number of likely N-dealkylation sites (N-methyl/N-ethyl adjacent to an activating group) is 1. The Hall–Kier alpha value is -1.09. The molecule has 3 heteroatoms. The number of hydrogen-bond acceptors (Lipinski definition) is 3. The maximum atomic E-state index is 5.09. The quantitative estimate of drug-likeness (QED) is 0.799. The molecule has 0 aliphatic carbocycles. The van der Waals surface area contributed by atoms with Crippen molar-refractivity contribution < 1.29 is 4.52 Å². The van der Waals surface area contributed by atoms with Gasteiger partial charge < -0.3 is 9.84 Å². The predicted molar refractivity (Wildman–Crippen MR) is 58.2 cm³/mol. The first-order chi connectivity index (χ1) is 6.65. The average Bonchev–Trinajstić information content (AvgIpc) is 2.46. The lowest BCUT2D eigenvalue weighted by Crippen LogP contribution is -2.14. The number of aromatic nitrogens is 1. The van der Waals surface area contributed by atoms with Crippen molar-refractivity contribution in [3.05, 3.63) is 22.6 Å². The highest BCUT2D eigenvalue weighted by Crippen LogP contribution is 2.15. The lowest BCUT2D eigenvalue weighted by Gasteiger charge is -2.01. The Morgan fingerprint density at radius 2 is 2.21 bits per heavy atom. The summed E-state index contributed by atoms with van der Waals surface area (Å²) in [6.07, 6.45) is 2.13. The van der Waals surface area contributed by atoms with E-state index in [0.717, 1.165) is 30.1 Å². The molecule has 14 heavy (non-hydrogen) atoms. The van der Waals surface area contributed by atoms with Crippen LogP contribution in [0.25, 0.3) is 6.08 Å². The summed E-state index contributed by atoms with van der Waals surface area (Å²) in [5, 5.41) is 7.19. The van der Waals surface area contributed by atoms with Gasteiger partial charge in [-0.1, -0.05) is 17.7 Å². The lowest BCUT2D eigenvalue weighted by atomic mass is 10.1. The molecule has 3 nitrogen and oxygen atoms in total. The molecule has 78 valence electrons. The summed E-state index contributed by atoms with van der Waals surface area (Å²) >= 11 is 0. The molecule has 1 aromatic heterocycles. The van der Waals surface area contributed by atoms with Crippen molar-refractivity contribution in [2.75, 3.05) is 13.1 Å². The summed E-state index contributed by atoms with van der Waals surface area (Å²) in [7, 11) is 0. The molecule has 0 saturated heterocycles. The normalized spacial score (nSPS) is 12.1. The Morgan fingerprint density at radius 3 is 2.71 bits per heavy atom. The molecule has 0 saturated carbocycles. The van der Waals surface area contributed by atoms with Crippen LogP contribution in [0.5, 0.6) is 0 Å². The van der Waals surface area contributed by atoms with Gasteiger partial charge in [-0.05, 0) is 33.4 Å². The first kappa shape index (κ1) is 11.0. The van der Waals surface area contributed by atoms with E-state index in [4.69, 9.17) is 4.52 Å². The Balaban J connectivity index is 2.75. The molecule has 1 aromatic rings. The largest absolute Gasteiger partial charge is 0.361 e. The van der Waals surface area contributed by atoms with Gasteiger partial charge in [0, 0.05) is 12.1 Å². The predicted octanol–water partition coefficient (Wildman–Crippen LogP) is 2.30. The number of nitrogens with one attached hydrogen (secondary N) is 1. The van der Waals surface area contributed by atoms with E-state index >= 15 is 0 Å². The van der Waals surface area contributed by atoms with Crippen molar-refractivity contribution in [2.45, 2.75) is 27.7 Å². The van der Waals surface area contributed by atoms with Crippen LogP contribution in [0.1, 0.15) is 30.9 Å². The summed E-state index contributed by atoms with van der Waals surface area (Å²) in [5.74, 6) is 0.887. The number of nitrogens with zero attached hydrogens (tertiary/aromatic N) is 1. The molecule has 0 radical (unpaired) electrons. The van der Waals surface area contributed by atoms with Crippen LogP contribution in [0.15, 0.2) is 10.1 Å². The van der Waals surface area contributed by atoms with Gasteiger partial charge in [0.15, 0.2) is 0 Å². The van der Waals surface area contributed by atoms with Crippen LogP contribution in [0.2, 0.25) is 0 Å². The van der Waals surface area contributed by atoms with E-state index in [1.807, 2.05) is 13.8 Å². The van der Waals surface area contributed by atoms with E-state index in [2.05, 4.69) is 30.4 Å². The van der Waals surface area contributed by atoms with E-state index in [1.54, 1.807) is 0 Å². The molecule has 0 spiro atoms. The van der Waals surface area contributed by atoms with Crippen molar-refractivity contribution in [1.29, 1.82) is 0 Å². The highest BCUT2D eigenvalue weighted by Gasteiger charge is 2.05. The maximum Gasteiger partial charge on any atom is 0.141 e. The van der Waals surface area contributed by atoms with Gasteiger partial charge in [-0.15, -0.1) is 0 Å². The number of rotatable bonds is 4. The van der Waals surface area contributed by atoms with Crippen molar-refractivity contribution >= 4 is 6.08 Å². The molecule has 1 heterocycles. The van der Waals surface area contributed by atoms with Gasteiger partial charge >= 0.3 is 0 Å². The third-order valence-corrected chi connectivity index (χ3v) is 2.13. The third kappa shape index (κ3) is 2.70. The zero-order valence-electron chi connectivity index (χ0n) is 9.35. The minimum atomic E-state index is 0.887. The van der Waals surface area contributed by atoms with Gasteiger partial charge in [0.2, 0.25) is 0 Å². The average molecular weight is 194 g/mol. The summed E-state index contributed by atoms with van der Waals surface area (Å²) in [5.41, 5.74) is 3.36. The second kappa shape index (κ2) is 4.96. The van der Waals surface area contributed by atoms with Crippen molar-refractivity contribution in [3.63, 3.8) is 0 Å². The minimum absolute atomic E-state index is 0.887. The zero-order valence-corrected chi connectivity index (χ0v) is 9.35. The third-order valence-electron chi connectivity index (χ3n) is 2.13. The van der Waals surface area contributed by atoms with E-state index in [1.165, 1.54) is 5.57 Å². The number of aryl methyl sites for hydroxylation is 2. The monoisotopic (exact) mass is 194 g/mol. The van der Waals surface area contributed by atoms with Crippen molar-refractivity contribution in [1.82, 2.24) is 10.5 Å². The SMILES string of the molecule is CCNCC(C)=Cc1c(C)noc1C. The Bertz CT molecular complexity index is 307. The maximum absolute atomic E-state index is 5.09. The molecule has 0 amide bonds. The Kier molecular flexibility index (Phi) is 3.89. The summed E-state index contributed by atoms with van der Waals surface area (Å²) < 4.78 is 5.09. The molecule has 1 N–H and O–H groups in total. The molecule has 0 bridgehead atoms. The summed E-state index contributed by atoms with van der Waals surface area (Å²) in [6.45, 7) is 10.0. The topological polar surface area (TPSA) is 38.1 Å². The lowest BCUT2D eigenvalue weighted by molar-refractivity contribution is 0.393. The molecule has 0 aromatic carbocycles. The molecule has 0 atom stereocenters. The number of hydrogen-bond donors (Lipinski definition) is 1. The van der Waals surface area contributed by atoms with Crippen LogP contribution in [0.4, 0.5) is 0 Å². The molecule has 1 rings (SSSR count). The van der Waals surface area contributed by atoms with Gasteiger partial charge in [0.05, 0.1) is 5.69 Å². The molecule has 0 unspecified atom stereocenters. The first-order valence-electron chi connectivity index (χ1n) is 4.96. The molecule has 0 fully saturated rings. The minimum Gasteiger partial charge on any atom is -0.361 e. The van der Waals surface area contributed by atoms with Gasteiger partial charge in [-0.3, -0.25) is 0 Å². The van der Waals surface area contributed by atoms with Crippen LogP contribution in [-0.4, -0.2) is 18.2 Å². The fourth-order valence-corrected chi connectivity index (χ4v) is 1.32. The van der Waals surface area contributed by atoms with E-state index in [0.29, 0.717) is 0 Å². The van der Waals surface area contributed by atoms with E-state index in [-0.39, 0.29) is 0 Å². The van der Waals surface area contributed by atoms with Crippen LogP contribution in [0.3, 0.4) is 0 Å². The fraction of sp³-hybridized carbons (Fsp3) is 0.545. The smallest absolute Gasteiger partial charge is 0.141 e. The Labute approximate surface area is 85.2 Å². The van der Waals surface area contributed by atoms with E-state index in [9.17, 15) is 0 Å².